The first kappa shape index (κ1) is 22.3. The topological polar surface area (TPSA) is 90.7 Å². The van der Waals surface area contributed by atoms with Gasteiger partial charge in [-0.1, -0.05) is 32.4 Å². The van der Waals surface area contributed by atoms with Gasteiger partial charge in [0, 0.05) is 37.9 Å². The van der Waals surface area contributed by atoms with Gasteiger partial charge in [-0.3, -0.25) is 4.79 Å². The number of hydrogen-bond donors (Lipinski definition) is 1. The van der Waals surface area contributed by atoms with Crippen LogP contribution in [0.4, 0.5) is 0 Å². The molecule has 0 bridgehead atoms. The van der Waals surface area contributed by atoms with Crippen molar-refractivity contribution in [3.8, 4) is 17.1 Å². The lowest BCUT2D eigenvalue weighted by atomic mass is 9.79. The van der Waals surface area contributed by atoms with E-state index in [1.165, 1.54) is 6.07 Å². The Morgan fingerprint density at radius 3 is 2.63 bits per heavy atom. The fraction of sp³-hybridized carbons (Fsp3) is 0.500. The Morgan fingerprint density at radius 2 is 2.03 bits per heavy atom. The van der Waals surface area contributed by atoms with Gasteiger partial charge in [-0.15, -0.1) is 0 Å². The number of hydrogen-bond acceptors (Lipinski definition) is 5. The van der Waals surface area contributed by atoms with Crippen LogP contribution >= 0.6 is 11.6 Å². The molecular weight excluding hydrogens is 408 g/mol. The van der Waals surface area contributed by atoms with E-state index in [9.17, 15) is 14.7 Å². The normalized spacial score (nSPS) is 15.5. The van der Waals surface area contributed by atoms with E-state index in [0.717, 1.165) is 12.0 Å². The first-order chi connectivity index (χ1) is 14.1. The summed E-state index contributed by atoms with van der Waals surface area (Å²) in [4.78, 5) is 28.8. The molecule has 8 heteroatoms. The van der Waals surface area contributed by atoms with Crippen LogP contribution in [0.3, 0.4) is 0 Å². The molecule has 1 unspecified atom stereocenters. The molecule has 0 spiro atoms. The summed E-state index contributed by atoms with van der Waals surface area (Å²) >= 11 is 6.38. The number of carboxylic acid groups (broad SMARTS) is 1. The minimum absolute atomic E-state index is 0.0667. The van der Waals surface area contributed by atoms with Crippen LogP contribution in [0.2, 0.25) is 5.15 Å². The van der Waals surface area contributed by atoms with Crippen molar-refractivity contribution in [1.29, 1.82) is 0 Å². The summed E-state index contributed by atoms with van der Waals surface area (Å²) in [5.41, 5.74) is 1.57. The highest BCUT2D eigenvalue weighted by molar-refractivity contribution is 6.31. The van der Waals surface area contributed by atoms with Gasteiger partial charge in [0.1, 0.15) is 5.56 Å². The molecule has 0 radical (unpaired) electrons. The summed E-state index contributed by atoms with van der Waals surface area (Å²) < 4.78 is 12.8. The number of carbonyl (C=O) groups is 1. The van der Waals surface area contributed by atoms with Crippen molar-refractivity contribution in [2.24, 2.45) is 5.41 Å². The number of aromatic nitrogens is 2. The standard InChI is InChI=1S/C22H27ClN2O5/c1-12-18(21(27)28)15(26)11-14-19-13(10-17(25(12)14)22(2,3)4)9-16(20(23)24-19)30-8-6-7-29-5/h9,11,17H,6-8,10H2,1-5H3,(H,27,28). The second-order valence-electron chi connectivity index (χ2n) is 8.60. The molecule has 3 heterocycles. The third kappa shape index (κ3) is 4.09. The number of rotatable bonds is 6. The lowest BCUT2D eigenvalue weighted by Gasteiger charge is -2.40. The molecule has 0 aliphatic carbocycles. The van der Waals surface area contributed by atoms with E-state index in [4.69, 9.17) is 21.1 Å². The average Bonchev–Trinajstić information content (AvgIpc) is 2.64. The largest absolute Gasteiger partial charge is 0.490 e. The zero-order chi connectivity index (χ0) is 22.2. The van der Waals surface area contributed by atoms with Gasteiger partial charge in [-0.25, -0.2) is 9.78 Å². The number of fused-ring (bicyclic) bond motifs is 3. The summed E-state index contributed by atoms with van der Waals surface area (Å²) in [6.45, 7) is 8.99. The van der Waals surface area contributed by atoms with Crippen molar-refractivity contribution in [3.05, 3.63) is 44.3 Å². The van der Waals surface area contributed by atoms with E-state index >= 15 is 0 Å². The Hall–Kier alpha value is -2.38. The molecule has 0 saturated carbocycles. The third-order valence-electron chi connectivity index (χ3n) is 5.45. The minimum Gasteiger partial charge on any atom is -0.490 e. The average molecular weight is 435 g/mol. The number of ether oxygens (including phenoxy) is 2. The molecule has 2 aromatic heterocycles. The van der Waals surface area contributed by atoms with Gasteiger partial charge < -0.3 is 19.1 Å². The summed E-state index contributed by atoms with van der Waals surface area (Å²) in [6, 6.07) is 3.17. The first-order valence-electron chi connectivity index (χ1n) is 9.87. The molecular formula is C22H27ClN2O5. The van der Waals surface area contributed by atoms with Crippen LogP contribution in [-0.4, -0.2) is 41.0 Å². The Morgan fingerprint density at radius 1 is 1.33 bits per heavy atom. The number of methoxy groups -OCH3 is 1. The summed E-state index contributed by atoms with van der Waals surface area (Å²) in [5, 5.41) is 9.77. The second-order valence-corrected chi connectivity index (χ2v) is 8.95. The summed E-state index contributed by atoms with van der Waals surface area (Å²) in [5.74, 6) is -0.731. The van der Waals surface area contributed by atoms with Crippen molar-refractivity contribution in [2.45, 2.75) is 46.6 Å². The van der Waals surface area contributed by atoms with Crippen molar-refractivity contribution >= 4 is 17.6 Å². The zero-order valence-electron chi connectivity index (χ0n) is 17.9. The number of aromatic carboxylic acids is 1. The minimum atomic E-state index is -1.22. The fourth-order valence-corrected chi connectivity index (χ4v) is 4.15. The molecule has 2 aromatic rings. The Labute approximate surface area is 180 Å². The van der Waals surface area contributed by atoms with Crippen LogP contribution in [-0.2, 0) is 11.2 Å². The monoisotopic (exact) mass is 434 g/mol. The van der Waals surface area contributed by atoms with Gasteiger partial charge in [0.2, 0.25) is 0 Å². The SMILES string of the molecule is COCCCOc1cc2c(nc1Cl)-c1cc(=O)c(C(=O)O)c(C)n1C(C(C)(C)C)C2. The summed E-state index contributed by atoms with van der Waals surface area (Å²) in [7, 11) is 1.64. The van der Waals surface area contributed by atoms with E-state index in [1.54, 1.807) is 14.0 Å². The van der Waals surface area contributed by atoms with Crippen LogP contribution in [0.15, 0.2) is 16.9 Å². The molecule has 1 atom stereocenters. The maximum absolute atomic E-state index is 12.6. The van der Waals surface area contributed by atoms with Crippen molar-refractivity contribution in [2.75, 3.05) is 20.3 Å². The van der Waals surface area contributed by atoms with Crippen LogP contribution in [0, 0.1) is 12.3 Å². The van der Waals surface area contributed by atoms with Crippen LogP contribution < -0.4 is 10.2 Å². The molecule has 3 rings (SSSR count). The predicted molar refractivity (Wildman–Crippen MR) is 115 cm³/mol. The van der Waals surface area contributed by atoms with Crippen LogP contribution in [0.5, 0.6) is 5.75 Å². The Balaban J connectivity index is 2.17. The van der Waals surface area contributed by atoms with Crippen LogP contribution in [0.25, 0.3) is 11.4 Å². The Bertz CT molecular complexity index is 1040. The second kappa shape index (κ2) is 8.40. The molecule has 7 nitrogen and oxygen atoms in total. The molecule has 1 aliphatic rings. The number of pyridine rings is 2. The third-order valence-corrected chi connectivity index (χ3v) is 5.72. The number of carboxylic acids is 1. The van der Waals surface area contributed by atoms with Gasteiger partial charge in [0.25, 0.3) is 0 Å². The highest BCUT2D eigenvalue weighted by atomic mass is 35.5. The number of halogens is 1. The Kier molecular flexibility index (Phi) is 6.24. The molecule has 0 saturated heterocycles. The lowest BCUT2D eigenvalue weighted by Crippen LogP contribution is -2.35. The zero-order valence-corrected chi connectivity index (χ0v) is 18.7. The first-order valence-corrected chi connectivity index (χ1v) is 10.2. The molecule has 0 amide bonds. The van der Waals surface area contributed by atoms with Crippen molar-refractivity contribution < 1.29 is 19.4 Å². The van der Waals surface area contributed by atoms with Gasteiger partial charge in [0.15, 0.2) is 16.3 Å². The highest BCUT2D eigenvalue weighted by Gasteiger charge is 2.36. The van der Waals surface area contributed by atoms with E-state index in [-0.39, 0.29) is 22.2 Å². The fourth-order valence-electron chi connectivity index (χ4n) is 3.96. The van der Waals surface area contributed by atoms with Gasteiger partial charge >= 0.3 is 5.97 Å². The molecule has 1 aliphatic heterocycles. The van der Waals surface area contributed by atoms with E-state index < -0.39 is 11.4 Å². The molecule has 0 fully saturated rings. The van der Waals surface area contributed by atoms with E-state index in [0.29, 0.717) is 42.5 Å². The summed E-state index contributed by atoms with van der Waals surface area (Å²) in [6.07, 6.45) is 1.34. The molecule has 162 valence electrons. The van der Waals surface area contributed by atoms with E-state index in [2.05, 4.69) is 25.8 Å². The van der Waals surface area contributed by atoms with Crippen molar-refractivity contribution in [3.63, 3.8) is 0 Å². The van der Waals surface area contributed by atoms with Crippen LogP contribution in [0.1, 0.15) is 54.8 Å². The van der Waals surface area contributed by atoms with E-state index in [1.807, 2.05) is 10.6 Å². The molecule has 30 heavy (non-hydrogen) atoms. The predicted octanol–water partition coefficient (Wildman–Crippen LogP) is 4.13. The van der Waals surface area contributed by atoms with Gasteiger partial charge in [0.05, 0.1) is 18.0 Å². The van der Waals surface area contributed by atoms with Crippen molar-refractivity contribution in [1.82, 2.24) is 9.55 Å². The van der Waals surface area contributed by atoms with Gasteiger partial charge in [-0.05, 0) is 30.4 Å². The van der Waals surface area contributed by atoms with Gasteiger partial charge in [-0.2, -0.15) is 0 Å². The molecule has 0 aromatic carbocycles. The lowest BCUT2D eigenvalue weighted by molar-refractivity contribution is 0.0692. The number of nitrogens with zero attached hydrogens (tertiary/aromatic N) is 2. The quantitative estimate of drug-likeness (QED) is 0.543. The molecule has 1 N–H and O–H groups in total. The smallest absolute Gasteiger partial charge is 0.341 e. The highest BCUT2D eigenvalue weighted by Crippen LogP contribution is 2.44. The maximum Gasteiger partial charge on any atom is 0.341 e. The maximum atomic E-state index is 12.6.